The summed E-state index contributed by atoms with van der Waals surface area (Å²) in [6.07, 6.45) is -1.02. The van der Waals surface area contributed by atoms with Gasteiger partial charge in [0, 0.05) is 41.8 Å². The summed E-state index contributed by atoms with van der Waals surface area (Å²) in [5.41, 5.74) is 0.395. The molecule has 1 amide bonds. The van der Waals surface area contributed by atoms with Gasteiger partial charge in [-0.3, -0.25) is 5.41 Å². The molecule has 2 aromatic rings. The maximum atomic E-state index is 14.7. The van der Waals surface area contributed by atoms with Gasteiger partial charge in [0.15, 0.2) is 0 Å². The van der Waals surface area contributed by atoms with E-state index in [-0.39, 0.29) is 53.2 Å². The number of halogens is 3. The molecule has 0 unspecified atom stereocenters. The first-order chi connectivity index (χ1) is 12.8. The molecule has 27 heavy (non-hydrogen) atoms. The van der Waals surface area contributed by atoms with Crippen molar-refractivity contribution in [1.29, 1.82) is 5.41 Å². The van der Waals surface area contributed by atoms with E-state index in [1.165, 1.54) is 29.2 Å². The van der Waals surface area contributed by atoms with Crippen LogP contribution in [0.1, 0.15) is 12.5 Å². The summed E-state index contributed by atoms with van der Waals surface area (Å²) in [5.74, 6) is -1.28. The number of nitrogens with zero attached hydrogens (tertiary/aromatic N) is 2. The topological polar surface area (TPSA) is 67.6 Å². The zero-order chi connectivity index (χ0) is 19.7. The second kappa shape index (κ2) is 7.52. The van der Waals surface area contributed by atoms with Crippen LogP contribution in [0.2, 0.25) is 5.02 Å². The molecule has 0 saturated carbocycles. The van der Waals surface area contributed by atoms with E-state index in [0.29, 0.717) is 0 Å². The third-order valence-corrected chi connectivity index (χ3v) is 4.97. The van der Waals surface area contributed by atoms with Crippen LogP contribution in [0.3, 0.4) is 0 Å². The summed E-state index contributed by atoms with van der Waals surface area (Å²) in [6.45, 7) is 2.50. The molecule has 0 spiro atoms. The Labute approximate surface area is 160 Å². The number of carbonyl (C=O) groups is 1. The van der Waals surface area contributed by atoms with E-state index in [2.05, 4.69) is 0 Å². The second-order valence-electron chi connectivity index (χ2n) is 6.41. The number of carboxylic acid groups (broad SMARTS) is 1. The van der Waals surface area contributed by atoms with Crippen molar-refractivity contribution >= 4 is 23.5 Å². The quantitative estimate of drug-likeness (QED) is 0.590. The molecule has 2 N–H and O–H groups in total. The van der Waals surface area contributed by atoms with Gasteiger partial charge in [0.05, 0.1) is 5.56 Å². The van der Waals surface area contributed by atoms with Crippen molar-refractivity contribution in [2.24, 2.45) is 0 Å². The molecular weight excluding hydrogens is 376 g/mol. The monoisotopic (exact) mass is 393 g/mol. The summed E-state index contributed by atoms with van der Waals surface area (Å²) in [7, 11) is 0. The molecule has 0 bridgehead atoms. The number of amidine groups is 1. The van der Waals surface area contributed by atoms with E-state index in [0.717, 1.165) is 6.07 Å². The average Bonchev–Trinajstić information content (AvgIpc) is 2.63. The summed E-state index contributed by atoms with van der Waals surface area (Å²) in [6, 6.07) is 8.10. The van der Waals surface area contributed by atoms with Crippen LogP contribution in [0.25, 0.3) is 11.1 Å². The van der Waals surface area contributed by atoms with Crippen LogP contribution in [0.5, 0.6) is 0 Å². The molecule has 1 heterocycles. The molecule has 0 radical (unpaired) electrons. The predicted molar refractivity (Wildman–Crippen MR) is 99.4 cm³/mol. The number of nitrogens with one attached hydrogen (secondary N) is 1. The highest BCUT2D eigenvalue weighted by atomic mass is 35.5. The Balaban J connectivity index is 1.90. The number of amides is 1. The van der Waals surface area contributed by atoms with Crippen molar-refractivity contribution in [3.63, 3.8) is 0 Å². The fourth-order valence-corrected chi connectivity index (χ4v) is 3.50. The normalized spacial score (nSPS) is 17.1. The first kappa shape index (κ1) is 19.1. The highest BCUT2D eigenvalue weighted by Crippen LogP contribution is 2.32. The van der Waals surface area contributed by atoms with Crippen molar-refractivity contribution < 1.29 is 18.7 Å². The highest BCUT2D eigenvalue weighted by Gasteiger charge is 2.29. The number of benzene rings is 2. The summed E-state index contributed by atoms with van der Waals surface area (Å²) >= 11 is 6.26. The van der Waals surface area contributed by atoms with Crippen molar-refractivity contribution in [3.8, 4) is 11.1 Å². The fourth-order valence-electron chi connectivity index (χ4n) is 3.23. The Morgan fingerprint density at radius 3 is 2.52 bits per heavy atom. The van der Waals surface area contributed by atoms with Crippen LogP contribution < -0.4 is 0 Å². The molecule has 0 aromatic heterocycles. The molecule has 1 fully saturated rings. The van der Waals surface area contributed by atoms with Gasteiger partial charge in [-0.2, -0.15) is 0 Å². The van der Waals surface area contributed by atoms with Gasteiger partial charge in [0.1, 0.15) is 17.5 Å². The minimum absolute atomic E-state index is 0.00397. The van der Waals surface area contributed by atoms with Crippen molar-refractivity contribution in [2.75, 3.05) is 19.6 Å². The Kier molecular flexibility index (Phi) is 5.32. The number of hydrogen-bond donors (Lipinski definition) is 2. The van der Waals surface area contributed by atoms with E-state index in [9.17, 15) is 13.6 Å². The van der Waals surface area contributed by atoms with Crippen LogP contribution >= 0.6 is 11.6 Å². The van der Waals surface area contributed by atoms with E-state index in [1.807, 2.05) is 0 Å². The minimum Gasteiger partial charge on any atom is -0.465 e. The first-order valence-corrected chi connectivity index (χ1v) is 8.74. The maximum Gasteiger partial charge on any atom is 0.407 e. The number of piperazine rings is 1. The third kappa shape index (κ3) is 3.73. The SMILES string of the molecule is C[C@H]1CN(C(=O)O)CCN1C(=N)c1cc(Cl)c(-c2ccccc2F)cc1F. The van der Waals surface area contributed by atoms with Gasteiger partial charge >= 0.3 is 6.09 Å². The Hall–Kier alpha value is -2.67. The maximum absolute atomic E-state index is 14.7. The molecule has 8 heteroatoms. The lowest BCUT2D eigenvalue weighted by Gasteiger charge is -2.40. The lowest BCUT2D eigenvalue weighted by molar-refractivity contribution is 0.105. The number of rotatable bonds is 2. The van der Waals surface area contributed by atoms with Crippen LogP contribution in [0.15, 0.2) is 36.4 Å². The zero-order valence-corrected chi connectivity index (χ0v) is 15.3. The summed E-state index contributed by atoms with van der Waals surface area (Å²) in [4.78, 5) is 14.0. The van der Waals surface area contributed by atoms with Crippen molar-refractivity contribution in [2.45, 2.75) is 13.0 Å². The van der Waals surface area contributed by atoms with Crippen LogP contribution in [-0.4, -0.2) is 52.5 Å². The Morgan fingerprint density at radius 2 is 1.89 bits per heavy atom. The van der Waals surface area contributed by atoms with Gasteiger partial charge in [0.2, 0.25) is 0 Å². The smallest absolute Gasteiger partial charge is 0.407 e. The summed E-state index contributed by atoms with van der Waals surface area (Å²) < 4.78 is 28.7. The van der Waals surface area contributed by atoms with Gasteiger partial charge in [-0.25, -0.2) is 13.6 Å². The highest BCUT2D eigenvalue weighted by molar-refractivity contribution is 6.33. The van der Waals surface area contributed by atoms with Gasteiger partial charge in [0.25, 0.3) is 0 Å². The largest absolute Gasteiger partial charge is 0.465 e. The molecule has 3 rings (SSSR count). The van der Waals surface area contributed by atoms with E-state index in [4.69, 9.17) is 22.1 Å². The fraction of sp³-hybridized carbons (Fsp3) is 0.263. The molecule has 0 aliphatic carbocycles. The Bertz CT molecular complexity index is 907. The molecule has 2 aromatic carbocycles. The van der Waals surface area contributed by atoms with Crippen LogP contribution in [0.4, 0.5) is 13.6 Å². The zero-order valence-electron chi connectivity index (χ0n) is 14.5. The molecule has 1 saturated heterocycles. The minimum atomic E-state index is -1.02. The third-order valence-electron chi connectivity index (χ3n) is 4.66. The van der Waals surface area contributed by atoms with Gasteiger partial charge in [-0.05, 0) is 25.1 Å². The molecule has 1 aliphatic heterocycles. The second-order valence-corrected chi connectivity index (χ2v) is 6.82. The van der Waals surface area contributed by atoms with Gasteiger partial charge in [-0.15, -0.1) is 0 Å². The molecule has 1 aliphatic rings. The van der Waals surface area contributed by atoms with Gasteiger partial charge in [-0.1, -0.05) is 29.8 Å². The Morgan fingerprint density at radius 1 is 1.19 bits per heavy atom. The van der Waals surface area contributed by atoms with E-state index >= 15 is 0 Å². The van der Waals surface area contributed by atoms with Crippen LogP contribution in [0, 0.1) is 17.0 Å². The van der Waals surface area contributed by atoms with Crippen molar-refractivity contribution in [1.82, 2.24) is 9.80 Å². The summed E-state index contributed by atoms with van der Waals surface area (Å²) in [5, 5.41) is 17.6. The van der Waals surface area contributed by atoms with E-state index in [1.54, 1.807) is 17.9 Å². The lowest BCUT2D eigenvalue weighted by atomic mass is 10.0. The molecule has 5 nitrogen and oxygen atoms in total. The number of hydrogen-bond acceptors (Lipinski definition) is 2. The molecule has 1 atom stereocenters. The molecule has 142 valence electrons. The van der Waals surface area contributed by atoms with Gasteiger partial charge < -0.3 is 14.9 Å². The van der Waals surface area contributed by atoms with E-state index < -0.39 is 17.7 Å². The predicted octanol–water partition coefficient (Wildman–Crippen LogP) is 4.29. The average molecular weight is 394 g/mol. The van der Waals surface area contributed by atoms with Crippen molar-refractivity contribution in [3.05, 3.63) is 58.6 Å². The first-order valence-electron chi connectivity index (χ1n) is 8.37. The standard InChI is InChI=1S/C19H18ClF2N3O2/c1-11-10-24(19(26)27)6-7-25(11)18(23)14-8-15(20)13(9-17(14)22)12-4-2-3-5-16(12)21/h2-5,8-9,11,23H,6-7,10H2,1H3,(H,26,27)/t11-/m0/s1. The lowest BCUT2D eigenvalue weighted by Crippen LogP contribution is -2.55. The molecular formula is C19H18ClF2N3O2. The van der Waals surface area contributed by atoms with Crippen LogP contribution in [-0.2, 0) is 0 Å².